The smallest absolute Gasteiger partial charge is 0.335 e. The number of nitrogens with zero attached hydrogens (tertiary/aromatic N) is 2. The lowest BCUT2D eigenvalue weighted by molar-refractivity contribution is -0.129. The van der Waals surface area contributed by atoms with Gasteiger partial charge in [0.15, 0.2) is 5.17 Å². The molecule has 172 valence electrons. The molecule has 1 saturated heterocycles. The summed E-state index contributed by atoms with van der Waals surface area (Å²) in [5.41, 5.74) is 1.89. The largest absolute Gasteiger partial charge is 0.478 e. The number of nitrogens with one attached hydrogen (secondary N) is 1. The molecule has 1 atom stereocenters. The minimum absolute atomic E-state index is 0.0288. The molecule has 0 spiro atoms. The van der Waals surface area contributed by atoms with E-state index in [0.29, 0.717) is 16.5 Å². The summed E-state index contributed by atoms with van der Waals surface area (Å²) < 4.78 is 13.3. The van der Waals surface area contributed by atoms with Crippen molar-refractivity contribution in [3.8, 4) is 0 Å². The molecular weight excluding hydrogens is 457 g/mol. The van der Waals surface area contributed by atoms with E-state index < -0.39 is 22.9 Å². The quantitative estimate of drug-likeness (QED) is 0.537. The summed E-state index contributed by atoms with van der Waals surface area (Å²) in [4.78, 5) is 43.1. The zero-order valence-electron chi connectivity index (χ0n) is 17.8. The van der Waals surface area contributed by atoms with E-state index >= 15 is 0 Å². The molecule has 0 unspecified atom stereocenters. The van der Waals surface area contributed by atoms with Gasteiger partial charge in [0.1, 0.15) is 11.1 Å². The predicted octanol–water partition coefficient (Wildman–Crippen LogP) is 4.68. The van der Waals surface area contributed by atoms with Crippen molar-refractivity contribution in [2.24, 2.45) is 4.99 Å². The summed E-state index contributed by atoms with van der Waals surface area (Å²) in [5, 5.41) is 11.3. The maximum absolute atomic E-state index is 13.3. The Balaban J connectivity index is 1.56. The Morgan fingerprint density at radius 2 is 1.71 bits per heavy atom. The van der Waals surface area contributed by atoms with Crippen LogP contribution in [0.3, 0.4) is 0 Å². The van der Waals surface area contributed by atoms with E-state index in [9.17, 15) is 18.8 Å². The van der Waals surface area contributed by atoms with Crippen LogP contribution in [0.15, 0.2) is 83.9 Å². The number of thioether (sulfide) groups is 1. The van der Waals surface area contributed by atoms with Crippen LogP contribution in [-0.2, 0) is 16.1 Å². The maximum atomic E-state index is 13.3. The predicted molar refractivity (Wildman–Crippen MR) is 129 cm³/mol. The number of amidine groups is 1. The van der Waals surface area contributed by atoms with E-state index in [4.69, 9.17) is 5.11 Å². The van der Waals surface area contributed by atoms with Crippen LogP contribution >= 0.6 is 11.8 Å². The van der Waals surface area contributed by atoms with Crippen LogP contribution in [0.1, 0.15) is 22.3 Å². The maximum Gasteiger partial charge on any atom is 0.335 e. The van der Waals surface area contributed by atoms with Gasteiger partial charge in [0.05, 0.1) is 17.8 Å². The van der Waals surface area contributed by atoms with Gasteiger partial charge in [-0.3, -0.25) is 14.5 Å². The lowest BCUT2D eigenvalue weighted by atomic mass is 10.2. The monoisotopic (exact) mass is 477 g/mol. The van der Waals surface area contributed by atoms with Crippen LogP contribution in [0.2, 0.25) is 0 Å². The number of carbonyl (C=O) groups excluding carboxylic acids is 2. The van der Waals surface area contributed by atoms with Gasteiger partial charge < -0.3 is 10.4 Å². The van der Waals surface area contributed by atoms with Crippen molar-refractivity contribution in [2.75, 3.05) is 5.32 Å². The molecule has 2 N–H and O–H groups in total. The van der Waals surface area contributed by atoms with Gasteiger partial charge in [-0.15, -0.1) is 0 Å². The van der Waals surface area contributed by atoms with Crippen LogP contribution < -0.4 is 5.32 Å². The molecule has 0 saturated carbocycles. The van der Waals surface area contributed by atoms with E-state index in [0.717, 1.165) is 17.3 Å². The van der Waals surface area contributed by atoms with Gasteiger partial charge in [0, 0.05) is 12.1 Å². The molecule has 1 heterocycles. The molecule has 7 nitrogen and oxygen atoms in total. The number of aromatic carboxylic acids is 1. The van der Waals surface area contributed by atoms with Crippen LogP contribution in [0.5, 0.6) is 0 Å². The first-order valence-corrected chi connectivity index (χ1v) is 11.3. The summed E-state index contributed by atoms with van der Waals surface area (Å²) in [6.07, 6.45) is -0.0288. The fourth-order valence-electron chi connectivity index (χ4n) is 3.31. The number of amides is 2. The van der Waals surface area contributed by atoms with E-state index in [-0.39, 0.29) is 24.4 Å². The van der Waals surface area contributed by atoms with Crippen LogP contribution in [-0.4, -0.2) is 38.2 Å². The normalized spacial score (nSPS) is 17.0. The molecule has 9 heteroatoms. The number of aliphatic imine (C=N–C) groups is 1. The SMILES string of the molecule is O=C(O)c1ccc(NC(=O)[C@H]2CC(=O)N(Cc3ccccc3)C(=Nc3ccc(F)cc3)S2)cc1. The Bertz CT molecular complexity index is 1230. The zero-order valence-corrected chi connectivity index (χ0v) is 18.7. The van der Waals surface area contributed by atoms with E-state index in [2.05, 4.69) is 10.3 Å². The number of carboxylic acids is 1. The van der Waals surface area contributed by atoms with E-state index in [1.807, 2.05) is 30.3 Å². The Morgan fingerprint density at radius 1 is 1.03 bits per heavy atom. The van der Waals surface area contributed by atoms with Gasteiger partial charge >= 0.3 is 5.97 Å². The van der Waals surface area contributed by atoms with Gasteiger partial charge in [-0.05, 0) is 54.1 Å². The van der Waals surface area contributed by atoms with Gasteiger partial charge in [0.2, 0.25) is 11.8 Å². The number of rotatable bonds is 6. The number of halogens is 1. The average molecular weight is 478 g/mol. The standard InChI is InChI=1S/C25H20FN3O4S/c26-18-8-12-20(13-9-18)28-25-29(15-16-4-2-1-3-5-16)22(30)14-21(34-25)23(31)27-19-10-6-17(7-11-19)24(32)33/h1-13,21H,14-15H2,(H,27,31)(H,32,33)/t21-/m1/s1. The highest BCUT2D eigenvalue weighted by atomic mass is 32.2. The molecule has 3 aromatic rings. The number of carbonyl (C=O) groups is 3. The van der Waals surface area contributed by atoms with Gasteiger partial charge in [-0.2, -0.15) is 0 Å². The van der Waals surface area contributed by atoms with Crippen molar-refractivity contribution in [3.05, 3.63) is 95.8 Å². The number of hydrogen-bond donors (Lipinski definition) is 2. The zero-order chi connectivity index (χ0) is 24.1. The Hall–Kier alpha value is -3.98. The lowest BCUT2D eigenvalue weighted by Crippen LogP contribution is -2.44. The molecule has 0 bridgehead atoms. The van der Waals surface area contributed by atoms with Crippen molar-refractivity contribution in [1.29, 1.82) is 0 Å². The highest BCUT2D eigenvalue weighted by Gasteiger charge is 2.36. The van der Waals surface area contributed by atoms with Crippen molar-refractivity contribution < 1.29 is 23.9 Å². The third-order valence-electron chi connectivity index (χ3n) is 5.07. The highest BCUT2D eigenvalue weighted by molar-refractivity contribution is 8.15. The molecule has 1 aliphatic rings. The molecule has 2 amide bonds. The molecule has 34 heavy (non-hydrogen) atoms. The molecule has 0 aliphatic carbocycles. The van der Waals surface area contributed by atoms with Crippen LogP contribution in [0.25, 0.3) is 0 Å². The molecule has 4 rings (SSSR count). The lowest BCUT2D eigenvalue weighted by Gasteiger charge is -2.32. The van der Waals surface area contributed by atoms with Crippen LogP contribution in [0, 0.1) is 5.82 Å². The number of hydrogen-bond acceptors (Lipinski definition) is 5. The molecule has 3 aromatic carbocycles. The number of carboxylic acid groups (broad SMARTS) is 1. The van der Waals surface area contributed by atoms with Crippen molar-refractivity contribution in [3.63, 3.8) is 0 Å². The first kappa shape index (κ1) is 23.2. The topological polar surface area (TPSA) is 99.1 Å². The average Bonchev–Trinajstić information content (AvgIpc) is 2.83. The Labute approximate surface area is 199 Å². The minimum Gasteiger partial charge on any atom is -0.478 e. The number of benzene rings is 3. The van der Waals surface area contributed by atoms with Crippen molar-refractivity contribution in [1.82, 2.24) is 4.90 Å². The number of anilines is 1. The second-order valence-electron chi connectivity index (χ2n) is 7.52. The second-order valence-corrected chi connectivity index (χ2v) is 8.69. The van der Waals surface area contributed by atoms with Gasteiger partial charge in [0.25, 0.3) is 0 Å². The highest BCUT2D eigenvalue weighted by Crippen LogP contribution is 2.31. The van der Waals surface area contributed by atoms with E-state index in [1.54, 1.807) is 0 Å². The third-order valence-corrected chi connectivity index (χ3v) is 6.25. The van der Waals surface area contributed by atoms with Crippen LogP contribution in [0.4, 0.5) is 15.8 Å². The van der Waals surface area contributed by atoms with Gasteiger partial charge in [-0.1, -0.05) is 42.1 Å². The summed E-state index contributed by atoms with van der Waals surface area (Å²) in [5.74, 6) is -2.12. The molecule has 1 fully saturated rings. The summed E-state index contributed by atoms with van der Waals surface area (Å²) >= 11 is 1.15. The molecule has 0 aromatic heterocycles. The van der Waals surface area contributed by atoms with Crippen molar-refractivity contribution >= 4 is 46.1 Å². The fraction of sp³-hybridized carbons (Fsp3) is 0.120. The molecule has 1 aliphatic heterocycles. The fourth-order valence-corrected chi connectivity index (χ4v) is 4.41. The summed E-state index contributed by atoms with van der Waals surface area (Å²) in [7, 11) is 0. The Morgan fingerprint density at radius 3 is 2.35 bits per heavy atom. The summed E-state index contributed by atoms with van der Waals surface area (Å²) in [6.45, 7) is 0.289. The minimum atomic E-state index is -1.06. The Kier molecular flexibility index (Phi) is 7.03. The first-order valence-electron chi connectivity index (χ1n) is 10.4. The molecular formula is C25H20FN3O4S. The van der Waals surface area contributed by atoms with E-state index in [1.165, 1.54) is 53.4 Å². The second kappa shape index (κ2) is 10.3. The third kappa shape index (κ3) is 5.68. The van der Waals surface area contributed by atoms with Crippen molar-refractivity contribution in [2.45, 2.75) is 18.2 Å². The first-order chi connectivity index (χ1) is 16.4. The molecule has 0 radical (unpaired) electrons. The van der Waals surface area contributed by atoms with Gasteiger partial charge in [-0.25, -0.2) is 14.2 Å². The summed E-state index contributed by atoms with van der Waals surface area (Å²) in [6, 6.07) is 20.7.